The highest BCUT2D eigenvalue weighted by Gasteiger charge is 2.34. The van der Waals surface area contributed by atoms with Crippen molar-refractivity contribution >= 4 is 29.1 Å². The van der Waals surface area contributed by atoms with E-state index >= 15 is 0 Å². The van der Waals surface area contributed by atoms with Crippen LogP contribution in [-0.2, 0) is 9.53 Å². The molecule has 0 saturated carbocycles. The van der Waals surface area contributed by atoms with Gasteiger partial charge in [-0.1, -0.05) is 17.4 Å². The lowest BCUT2D eigenvalue weighted by atomic mass is 9.95. The van der Waals surface area contributed by atoms with Gasteiger partial charge in [0.05, 0.1) is 46.6 Å². The van der Waals surface area contributed by atoms with E-state index in [0.717, 1.165) is 0 Å². The molecule has 2 aromatic heterocycles. The van der Waals surface area contributed by atoms with Gasteiger partial charge in [0.1, 0.15) is 11.5 Å². The van der Waals surface area contributed by atoms with Gasteiger partial charge in [0.25, 0.3) is 11.2 Å². The number of fused-ring (bicyclic) bond motifs is 1. The van der Waals surface area contributed by atoms with Crippen LogP contribution in [0.4, 0.5) is 5.69 Å². The number of aromatic nitrogens is 1. The molecule has 12 heteroatoms. The Morgan fingerprint density at radius 2 is 1.93 bits per heavy atom. The number of non-ortho nitro benzene ring substituents is 1. The Balaban J connectivity index is 1.62. The molecule has 1 aliphatic rings. The number of ether oxygens (including phenoxy) is 3. The van der Waals surface area contributed by atoms with Gasteiger partial charge in [-0.15, -0.1) is 0 Å². The molecule has 228 valence electrons. The van der Waals surface area contributed by atoms with Gasteiger partial charge in [-0.2, -0.15) is 0 Å². The monoisotopic (exact) mass is 617 g/mol. The summed E-state index contributed by atoms with van der Waals surface area (Å²) in [7, 11) is 1.53. The van der Waals surface area contributed by atoms with Gasteiger partial charge in [-0.25, -0.2) is 9.79 Å². The maximum atomic E-state index is 14.0. The third kappa shape index (κ3) is 5.80. The molecule has 0 radical (unpaired) electrons. The Morgan fingerprint density at radius 3 is 2.59 bits per heavy atom. The Labute approximate surface area is 256 Å². The van der Waals surface area contributed by atoms with Crippen molar-refractivity contribution in [1.82, 2.24) is 4.57 Å². The molecule has 5 rings (SSSR count). The Hall–Kier alpha value is -4.97. The number of nitrogens with zero attached hydrogens (tertiary/aromatic N) is 3. The van der Waals surface area contributed by atoms with E-state index in [1.165, 1.54) is 35.1 Å². The molecule has 3 heterocycles. The molecule has 1 aliphatic heterocycles. The third-order valence-corrected chi connectivity index (χ3v) is 7.95. The van der Waals surface area contributed by atoms with Gasteiger partial charge in [0, 0.05) is 23.8 Å². The van der Waals surface area contributed by atoms with Gasteiger partial charge >= 0.3 is 5.97 Å². The first-order valence-corrected chi connectivity index (χ1v) is 14.7. The molecule has 4 aromatic rings. The zero-order valence-electron chi connectivity index (χ0n) is 25.1. The first-order chi connectivity index (χ1) is 21.0. The smallest absolute Gasteiger partial charge is 0.338 e. The van der Waals surface area contributed by atoms with E-state index in [2.05, 4.69) is 4.99 Å². The van der Waals surface area contributed by atoms with Crippen LogP contribution in [0.3, 0.4) is 0 Å². The zero-order chi connectivity index (χ0) is 31.7. The molecule has 0 bridgehead atoms. The molecular formula is C32H31N3O8S. The highest BCUT2D eigenvalue weighted by atomic mass is 32.1. The lowest BCUT2D eigenvalue weighted by Crippen LogP contribution is -2.40. The average Bonchev–Trinajstić information content (AvgIpc) is 3.56. The van der Waals surface area contributed by atoms with Gasteiger partial charge in [0.2, 0.25) is 0 Å². The molecule has 44 heavy (non-hydrogen) atoms. The zero-order valence-corrected chi connectivity index (χ0v) is 25.9. The maximum absolute atomic E-state index is 14.0. The van der Waals surface area contributed by atoms with Crippen LogP contribution in [0.15, 0.2) is 74.0 Å². The number of hydrogen-bond donors (Lipinski definition) is 0. The molecule has 1 atom stereocenters. The van der Waals surface area contributed by atoms with Crippen molar-refractivity contribution in [3.05, 3.63) is 106 Å². The molecule has 0 fully saturated rings. The number of methoxy groups -OCH3 is 1. The van der Waals surface area contributed by atoms with Gasteiger partial charge < -0.3 is 18.6 Å². The van der Waals surface area contributed by atoms with E-state index in [1.807, 2.05) is 13.8 Å². The van der Waals surface area contributed by atoms with Crippen LogP contribution in [-0.4, -0.2) is 35.3 Å². The molecule has 0 N–H and O–H groups in total. The minimum Gasteiger partial charge on any atom is -0.493 e. The maximum Gasteiger partial charge on any atom is 0.338 e. The Bertz CT molecular complexity index is 1980. The fourth-order valence-corrected chi connectivity index (χ4v) is 6.08. The summed E-state index contributed by atoms with van der Waals surface area (Å²) >= 11 is 1.17. The summed E-state index contributed by atoms with van der Waals surface area (Å²) < 4.78 is 24.7. The summed E-state index contributed by atoms with van der Waals surface area (Å²) in [4.78, 5) is 42.9. The molecule has 0 spiro atoms. The lowest BCUT2D eigenvalue weighted by molar-refractivity contribution is -0.384. The van der Waals surface area contributed by atoms with Gasteiger partial charge in [-0.05, 0) is 76.1 Å². The van der Waals surface area contributed by atoms with Crippen molar-refractivity contribution in [3.63, 3.8) is 0 Å². The van der Waals surface area contributed by atoms with Crippen molar-refractivity contribution in [1.29, 1.82) is 0 Å². The first-order valence-electron chi connectivity index (χ1n) is 13.9. The fourth-order valence-electron chi connectivity index (χ4n) is 5.05. The van der Waals surface area contributed by atoms with Crippen LogP contribution in [0, 0.1) is 17.0 Å². The normalized spacial score (nSPS) is 14.8. The number of rotatable bonds is 9. The Morgan fingerprint density at radius 1 is 1.16 bits per heavy atom. The number of hydrogen-bond acceptors (Lipinski definition) is 10. The van der Waals surface area contributed by atoms with Crippen LogP contribution >= 0.6 is 11.3 Å². The molecule has 0 saturated heterocycles. The second-order valence-electron chi connectivity index (χ2n) is 10.3. The number of allylic oxidation sites excluding steroid dienone is 1. The number of thiazole rings is 1. The van der Waals surface area contributed by atoms with E-state index in [4.69, 9.17) is 18.6 Å². The summed E-state index contributed by atoms with van der Waals surface area (Å²) in [6.07, 6.45) is 1.53. The number of benzene rings is 2. The van der Waals surface area contributed by atoms with Crippen molar-refractivity contribution in [2.75, 3.05) is 13.7 Å². The van der Waals surface area contributed by atoms with E-state index < -0.39 is 16.9 Å². The number of esters is 1. The van der Waals surface area contributed by atoms with E-state index in [9.17, 15) is 19.7 Å². The van der Waals surface area contributed by atoms with Crippen molar-refractivity contribution in [2.24, 2.45) is 4.99 Å². The van der Waals surface area contributed by atoms with E-state index in [-0.39, 0.29) is 29.5 Å². The SMILES string of the molecule is CCOC(=O)C1=C(C)N=c2sc(=Cc3ccc(-c4ccc([N+](=O)[O-])cc4C)o3)c(=O)n2C1c1ccc(OC(C)C)c(OC)c1. The predicted octanol–water partition coefficient (Wildman–Crippen LogP) is 5.07. The van der Waals surface area contributed by atoms with Crippen LogP contribution in [0.5, 0.6) is 11.5 Å². The number of nitro benzene ring substituents is 1. The van der Waals surface area contributed by atoms with Crippen LogP contribution in [0.2, 0.25) is 0 Å². The second kappa shape index (κ2) is 12.3. The number of aryl methyl sites for hydroxylation is 1. The van der Waals surface area contributed by atoms with E-state index in [0.29, 0.717) is 54.7 Å². The minimum absolute atomic E-state index is 0.00844. The van der Waals surface area contributed by atoms with E-state index in [1.54, 1.807) is 63.2 Å². The highest BCUT2D eigenvalue weighted by Crippen LogP contribution is 2.36. The van der Waals surface area contributed by atoms with Crippen LogP contribution in [0.1, 0.15) is 50.6 Å². The average molecular weight is 618 g/mol. The predicted molar refractivity (Wildman–Crippen MR) is 165 cm³/mol. The van der Waals surface area contributed by atoms with Crippen molar-refractivity contribution in [3.8, 4) is 22.8 Å². The quantitative estimate of drug-likeness (QED) is 0.144. The largest absolute Gasteiger partial charge is 0.493 e. The fraction of sp³-hybridized carbons (Fsp3) is 0.281. The number of furan rings is 1. The topological polar surface area (TPSA) is 135 Å². The number of carbonyl (C=O) groups is 1. The van der Waals surface area contributed by atoms with Crippen LogP contribution in [0.25, 0.3) is 17.4 Å². The van der Waals surface area contributed by atoms with Crippen LogP contribution < -0.4 is 24.4 Å². The molecule has 1 unspecified atom stereocenters. The third-order valence-electron chi connectivity index (χ3n) is 6.97. The molecule has 0 aliphatic carbocycles. The number of nitro groups is 1. The first kappa shape index (κ1) is 30.5. The molecular weight excluding hydrogens is 586 g/mol. The second-order valence-corrected chi connectivity index (χ2v) is 11.3. The summed E-state index contributed by atoms with van der Waals surface area (Å²) in [5.41, 5.74) is 2.32. The summed E-state index contributed by atoms with van der Waals surface area (Å²) in [6.45, 7) is 9.18. The lowest BCUT2D eigenvalue weighted by Gasteiger charge is -2.25. The Kier molecular flexibility index (Phi) is 8.54. The highest BCUT2D eigenvalue weighted by molar-refractivity contribution is 7.07. The summed E-state index contributed by atoms with van der Waals surface area (Å²) in [6, 6.07) is 12.5. The van der Waals surface area contributed by atoms with Gasteiger partial charge in [-0.3, -0.25) is 19.5 Å². The molecule has 0 amide bonds. The van der Waals surface area contributed by atoms with Gasteiger partial charge in [0.15, 0.2) is 16.3 Å². The summed E-state index contributed by atoms with van der Waals surface area (Å²) in [5.74, 6) is 1.35. The summed E-state index contributed by atoms with van der Waals surface area (Å²) in [5, 5.41) is 11.1. The molecule has 11 nitrogen and oxygen atoms in total. The van der Waals surface area contributed by atoms with Crippen molar-refractivity contribution < 1.29 is 28.3 Å². The molecule has 2 aromatic carbocycles. The van der Waals surface area contributed by atoms with Crippen molar-refractivity contribution in [2.45, 2.75) is 46.8 Å². The minimum atomic E-state index is -0.829. The standard InChI is InChI=1S/C32H31N3O8S/c1-7-41-31(37)28-19(5)33-32-34(29(28)20-8-12-25(42-17(2)3)26(15-20)40-6)30(36)27(44-32)16-22-10-13-24(43-22)23-11-9-21(35(38)39)14-18(23)4/h8-17,29H,7H2,1-6H3. The number of carbonyl (C=O) groups excluding carboxylic acids is 1.